The van der Waals surface area contributed by atoms with E-state index in [4.69, 9.17) is 4.74 Å². The lowest BCUT2D eigenvalue weighted by Gasteiger charge is -2.04. The standard InChI is InChI=1S/C10H14N2O2/c1-8-7-9(3-4-11-8)10(13)12-5-6-14-2/h3-4,7H,5-6H2,1-2H3,(H,12,13). The molecule has 0 aliphatic rings. The SMILES string of the molecule is COCCNC(=O)c1ccnc(C)c1. The minimum atomic E-state index is -0.0902. The Morgan fingerprint density at radius 2 is 2.43 bits per heavy atom. The van der Waals surface area contributed by atoms with Crippen molar-refractivity contribution in [3.8, 4) is 0 Å². The summed E-state index contributed by atoms with van der Waals surface area (Å²) in [6.45, 7) is 2.90. The smallest absolute Gasteiger partial charge is 0.251 e. The lowest BCUT2D eigenvalue weighted by molar-refractivity contribution is 0.0937. The quantitative estimate of drug-likeness (QED) is 0.720. The van der Waals surface area contributed by atoms with Crippen LogP contribution < -0.4 is 5.32 Å². The van der Waals surface area contributed by atoms with Gasteiger partial charge in [-0.25, -0.2) is 0 Å². The summed E-state index contributed by atoms with van der Waals surface area (Å²) < 4.78 is 4.82. The molecule has 0 fully saturated rings. The van der Waals surface area contributed by atoms with Crippen LogP contribution in [0.25, 0.3) is 0 Å². The van der Waals surface area contributed by atoms with E-state index in [0.717, 1.165) is 5.69 Å². The zero-order valence-electron chi connectivity index (χ0n) is 8.41. The Morgan fingerprint density at radius 1 is 1.64 bits per heavy atom. The maximum Gasteiger partial charge on any atom is 0.251 e. The van der Waals surface area contributed by atoms with E-state index in [1.165, 1.54) is 0 Å². The number of rotatable bonds is 4. The van der Waals surface area contributed by atoms with Gasteiger partial charge in [0.1, 0.15) is 0 Å². The highest BCUT2D eigenvalue weighted by atomic mass is 16.5. The lowest BCUT2D eigenvalue weighted by Crippen LogP contribution is -2.26. The molecule has 0 aliphatic carbocycles. The largest absolute Gasteiger partial charge is 0.383 e. The number of carbonyl (C=O) groups excluding carboxylic acids is 1. The van der Waals surface area contributed by atoms with E-state index in [2.05, 4.69) is 10.3 Å². The van der Waals surface area contributed by atoms with Crippen LogP contribution in [0.3, 0.4) is 0 Å². The molecule has 0 aromatic carbocycles. The Labute approximate surface area is 83.3 Å². The molecule has 0 bridgehead atoms. The molecule has 1 rings (SSSR count). The van der Waals surface area contributed by atoms with E-state index >= 15 is 0 Å². The van der Waals surface area contributed by atoms with Crippen molar-refractivity contribution in [1.29, 1.82) is 0 Å². The van der Waals surface area contributed by atoms with Gasteiger partial charge in [0.2, 0.25) is 0 Å². The fourth-order valence-corrected chi connectivity index (χ4v) is 1.06. The average molecular weight is 194 g/mol. The Balaban J connectivity index is 2.52. The number of aromatic nitrogens is 1. The van der Waals surface area contributed by atoms with Crippen LogP contribution in [-0.2, 0) is 4.74 Å². The van der Waals surface area contributed by atoms with Crippen LogP contribution in [0.1, 0.15) is 16.1 Å². The van der Waals surface area contributed by atoms with E-state index < -0.39 is 0 Å². The second-order valence-electron chi connectivity index (χ2n) is 2.93. The van der Waals surface area contributed by atoms with Crippen molar-refractivity contribution in [3.05, 3.63) is 29.6 Å². The van der Waals surface area contributed by atoms with Gasteiger partial charge in [0.25, 0.3) is 5.91 Å². The van der Waals surface area contributed by atoms with E-state index in [1.54, 1.807) is 25.4 Å². The van der Waals surface area contributed by atoms with Gasteiger partial charge < -0.3 is 10.1 Å². The van der Waals surface area contributed by atoms with Crippen molar-refractivity contribution in [1.82, 2.24) is 10.3 Å². The molecule has 0 unspecified atom stereocenters. The molecular formula is C10H14N2O2. The van der Waals surface area contributed by atoms with Crippen LogP contribution in [0.2, 0.25) is 0 Å². The number of amides is 1. The summed E-state index contributed by atoms with van der Waals surface area (Å²) in [7, 11) is 1.60. The molecule has 1 N–H and O–H groups in total. The molecule has 0 atom stereocenters. The third-order valence-electron chi connectivity index (χ3n) is 1.75. The van der Waals surface area contributed by atoms with E-state index in [0.29, 0.717) is 18.7 Å². The molecule has 1 amide bonds. The zero-order valence-corrected chi connectivity index (χ0v) is 8.41. The summed E-state index contributed by atoms with van der Waals surface area (Å²) in [5, 5.41) is 2.74. The first-order valence-electron chi connectivity index (χ1n) is 4.44. The van der Waals surface area contributed by atoms with Crippen LogP contribution in [0.15, 0.2) is 18.3 Å². The molecule has 76 valence electrons. The second-order valence-corrected chi connectivity index (χ2v) is 2.93. The normalized spacial score (nSPS) is 9.86. The van der Waals surface area contributed by atoms with E-state index in [-0.39, 0.29) is 5.91 Å². The van der Waals surface area contributed by atoms with Crippen LogP contribution in [0, 0.1) is 6.92 Å². The number of aryl methyl sites for hydroxylation is 1. The van der Waals surface area contributed by atoms with Gasteiger partial charge in [-0.15, -0.1) is 0 Å². The summed E-state index contributed by atoms with van der Waals surface area (Å²) >= 11 is 0. The van der Waals surface area contributed by atoms with Gasteiger partial charge in [-0.1, -0.05) is 0 Å². The average Bonchev–Trinajstić information content (AvgIpc) is 2.18. The van der Waals surface area contributed by atoms with Gasteiger partial charge in [0.05, 0.1) is 6.61 Å². The van der Waals surface area contributed by atoms with Gasteiger partial charge in [-0.05, 0) is 19.1 Å². The van der Waals surface area contributed by atoms with Gasteiger partial charge in [-0.3, -0.25) is 9.78 Å². The molecule has 0 saturated heterocycles. The lowest BCUT2D eigenvalue weighted by atomic mass is 10.2. The molecule has 4 nitrogen and oxygen atoms in total. The zero-order chi connectivity index (χ0) is 10.4. The number of pyridine rings is 1. The molecule has 1 heterocycles. The number of methoxy groups -OCH3 is 1. The summed E-state index contributed by atoms with van der Waals surface area (Å²) in [5.41, 5.74) is 1.47. The number of nitrogens with one attached hydrogen (secondary N) is 1. The molecule has 0 aliphatic heterocycles. The molecule has 1 aromatic heterocycles. The van der Waals surface area contributed by atoms with Crippen molar-refractivity contribution < 1.29 is 9.53 Å². The molecule has 4 heteroatoms. The number of nitrogens with zero attached hydrogens (tertiary/aromatic N) is 1. The van der Waals surface area contributed by atoms with E-state index in [1.807, 2.05) is 6.92 Å². The Morgan fingerprint density at radius 3 is 3.07 bits per heavy atom. The summed E-state index contributed by atoms with van der Waals surface area (Å²) in [6.07, 6.45) is 1.63. The minimum absolute atomic E-state index is 0.0902. The Kier molecular flexibility index (Phi) is 4.07. The molecule has 0 saturated carbocycles. The molecule has 0 spiro atoms. The Hall–Kier alpha value is -1.42. The van der Waals surface area contributed by atoms with Crippen LogP contribution >= 0.6 is 0 Å². The van der Waals surface area contributed by atoms with Gasteiger partial charge in [0.15, 0.2) is 0 Å². The Bertz CT molecular complexity index is 313. The van der Waals surface area contributed by atoms with Gasteiger partial charge in [-0.2, -0.15) is 0 Å². The van der Waals surface area contributed by atoms with Crippen LogP contribution in [-0.4, -0.2) is 31.2 Å². The highest BCUT2D eigenvalue weighted by molar-refractivity contribution is 5.94. The maximum atomic E-state index is 11.5. The number of hydrogen-bond donors (Lipinski definition) is 1. The summed E-state index contributed by atoms with van der Waals surface area (Å²) in [4.78, 5) is 15.5. The topological polar surface area (TPSA) is 51.2 Å². The fourth-order valence-electron chi connectivity index (χ4n) is 1.06. The molecule has 0 radical (unpaired) electrons. The third kappa shape index (κ3) is 3.14. The van der Waals surface area contributed by atoms with E-state index in [9.17, 15) is 4.79 Å². The number of ether oxygens (including phenoxy) is 1. The van der Waals surface area contributed by atoms with Crippen molar-refractivity contribution in [2.75, 3.05) is 20.3 Å². The minimum Gasteiger partial charge on any atom is -0.383 e. The summed E-state index contributed by atoms with van der Waals surface area (Å²) in [6, 6.07) is 3.44. The fraction of sp³-hybridized carbons (Fsp3) is 0.400. The van der Waals surface area contributed by atoms with Crippen molar-refractivity contribution in [2.45, 2.75) is 6.92 Å². The predicted molar refractivity (Wildman–Crippen MR) is 53.2 cm³/mol. The molecule has 14 heavy (non-hydrogen) atoms. The third-order valence-corrected chi connectivity index (χ3v) is 1.75. The molecular weight excluding hydrogens is 180 g/mol. The first-order chi connectivity index (χ1) is 6.74. The predicted octanol–water partition coefficient (Wildman–Crippen LogP) is 0.766. The first kappa shape index (κ1) is 10.7. The van der Waals surface area contributed by atoms with Crippen molar-refractivity contribution in [2.24, 2.45) is 0 Å². The number of carbonyl (C=O) groups is 1. The summed E-state index contributed by atoms with van der Waals surface area (Å²) in [5.74, 6) is -0.0902. The maximum absolute atomic E-state index is 11.5. The first-order valence-corrected chi connectivity index (χ1v) is 4.44. The van der Waals surface area contributed by atoms with Gasteiger partial charge in [0, 0.05) is 31.1 Å². The van der Waals surface area contributed by atoms with Crippen LogP contribution in [0.5, 0.6) is 0 Å². The molecule has 1 aromatic rings. The highest BCUT2D eigenvalue weighted by Crippen LogP contribution is 1.99. The second kappa shape index (κ2) is 5.34. The van der Waals surface area contributed by atoms with Crippen molar-refractivity contribution >= 4 is 5.91 Å². The monoisotopic (exact) mass is 194 g/mol. The van der Waals surface area contributed by atoms with Gasteiger partial charge >= 0.3 is 0 Å². The number of hydrogen-bond acceptors (Lipinski definition) is 3. The van der Waals surface area contributed by atoms with Crippen molar-refractivity contribution in [3.63, 3.8) is 0 Å². The van der Waals surface area contributed by atoms with Crippen LogP contribution in [0.4, 0.5) is 0 Å². The highest BCUT2D eigenvalue weighted by Gasteiger charge is 2.03.